The summed E-state index contributed by atoms with van der Waals surface area (Å²) < 4.78 is 0. The Balaban J connectivity index is 1.55. The molecular weight excluding hydrogens is 294 g/mol. The Morgan fingerprint density at radius 1 is 1.00 bits per heavy atom. The Morgan fingerprint density at radius 3 is 2.38 bits per heavy atom. The molecule has 1 heterocycles. The average molecular weight is 320 g/mol. The minimum Gasteiger partial charge on any atom is -0.360 e. The van der Waals surface area contributed by atoms with Gasteiger partial charge in [-0.1, -0.05) is 36.4 Å². The van der Waals surface area contributed by atoms with Crippen molar-refractivity contribution in [3.63, 3.8) is 0 Å². The van der Waals surface area contributed by atoms with E-state index in [0.717, 1.165) is 18.8 Å². The predicted molar refractivity (Wildman–Crippen MR) is 104 cm³/mol. The summed E-state index contributed by atoms with van der Waals surface area (Å²) >= 11 is 0. The van der Waals surface area contributed by atoms with E-state index < -0.39 is 0 Å². The molecule has 2 aromatic carbocycles. The largest absolute Gasteiger partial charge is 0.360 e. The topological polar surface area (TPSA) is 20.0 Å². The first kappa shape index (κ1) is 16.5. The quantitative estimate of drug-likeness (QED) is 0.840. The number of aliphatic imine (C=N–C) groups is 1. The zero-order valence-electron chi connectivity index (χ0n) is 14.4. The maximum atomic E-state index is 4.50. The number of nitrogens with one attached hydrogen (secondary N) is 1. The Kier molecular flexibility index (Phi) is 5.80. The van der Waals surface area contributed by atoms with Crippen molar-refractivity contribution in [2.24, 2.45) is 4.99 Å². The first-order valence-corrected chi connectivity index (χ1v) is 8.79. The number of nitrogens with zero attached hydrogens (tertiary/aromatic N) is 2. The molecule has 1 fully saturated rings. The van der Waals surface area contributed by atoms with Crippen molar-refractivity contribution < 1.29 is 4.90 Å². The third-order valence-corrected chi connectivity index (χ3v) is 4.58. The molecule has 2 aromatic rings. The summed E-state index contributed by atoms with van der Waals surface area (Å²) in [6.45, 7) is 8.26. The fourth-order valence-corrected chi connectivity index (χ4v) is 3.03. The van der Waals surface area contributed by atoms with Gasteiger partial charge in [0.25, 0.3) is 0 Å². The molecule has 3 rings (SSSR count). The highest BCUT2D eigenvalue weighted by atomic mass is 15.3. The van der Waals surface area contributed by atoms with Crippen molar-refractivity contribution in [2.45, 2.75) is 6.92 Å². The van der Waals surface area contributed by atoms with Crippen LogP contribution in [0.15, 0.2) is 65.7 Å². The van der Waals surface area contributed by atoms with Gasteiger partial charge in [-0.25, -0.2) is 0 Å². The lowest BCUT2D eigenvalue weighted by molar-refractivity contribution is -0.898. The molecule has 0 atom stereocenters. The molecule has 3 heteroatoms. The summed E-state index contributed by atoms with van der Waals surface area (Å²) in [5.41, 5.74) is 3.49. The number of hydrogen-bond donors (Lipinski definition) is 1. The van der Waals surface area contributed by atoms with E-state index in [1.54, 1.807) is 4.90 Å². The van der Waals surface area contributed by atoms with Crippen molar-refractivity contribution in [3.8, 4) is 0 Å². The van der Waals surface area contributed by atoms with Crippen LogP contribution in [0.1, 0.15) is 12.5 Å². The van der Waals surface area contributed by atoms with Crippen molar-refractivity contribution >= 4 is 23.7 Å². The molecule has 0 aliphatic carbocycles. The zero-order valence-corrected chi connectivity index (χ0v) is 14.4. The maximum Gasteiger partial charge on any atom is 0.0949 e. The van der Waals surface area contributed by atoms with Gasteiger partial charge in [0.2, 0.25) is 0 Å². The molecule has 0 aromatic heterocycles. The standard InChI is InChI=1S/C21H25N3/c1-2-23-15-17-24(18-16-23)21-12-10-20(11-13-21)22-14-6-9-19-7-4-3-5-8-19/h3-14H,2,15-18H2,1H3/p+1/b9-6+,22-14?. The molecule has 1 aliphatic rings. The van der Waals surface area contributed by atoms with Crippen molar-refractivity contribution in [1.82, 2.24) is 0 Å². The van der Waals surface area contributed by atoms with Gasteiger partial charge in [0.15, 0.2) is 0 Å². The molecular formula is C21H26N3+. The van der Waals surface area contributed by atoms with Gasteiger partial charge >= 0.3 is 0 Å². The lowest BCUT2D eigenvalue weighted by Gasteiger charge is -2.33. The number of likely N-dealkylation sites (N-methyl/N-ethyl adjacent to an activating group) is 1. The molecule has 1 aliphatic heterocycles. The van der Waals surface area contributed by atoms with Crippen LogP contribution >= 0.6 is 0 Å². The van der Waals surface area contributed by atoms with Crippen molar-refractivity contribution in [1.29, 1.82) is 0 Å². The Morgan fingerprint density at radius 2 is 1.71 bits per heavy atom. The Hall–Kier alpha value is -2.39. The van der Waals surface area contributed by atoms with Crippen LogP contribution in [-0.2, 0) is 0 Å². The van der Waals surface area contributed by atoms with Gasteiger partial charge in [-0.15, -0.1) is 0 Å². The van der Waals surface area contributed by atoms with Gasteiger partial charge in [-0.2, -0.15) is 0 Å². The molecule has 0 bridgehead atoms. The van der Waals surface area contributed by atoms with Gasteiger partial charge in [-0.3, -0.25) is 4.99 Å². The Labute approximate surface area is 144 Å². The van der Waals surface area contributed by atoms with Crippen LogP contribution < -0.4 is 9.80 Å². The molecule has 0 amide bonds. The van der Waals surface area contributed by atoms with Crippen molar-refractivity contribution in [2.75, 3.05) is 37.6 Å². The SMILES string of the molecule is CC[NH+]1CCN(c2ccc(N=C/C=C/c3ccccc3)cc2)CC1. The fraction of sp³-hybridized carbons (Fsp3) is 0.286. The molecule has 0 saturated carbocycles. The molecule has 124 valence electrons. The van der Waals surface area contributed by atoms with Crippen LogP contribution in [0.5, 0.6) is 0 Å². The van der Waals surface area contributed by atoms with Crippen molar-refractivity contribution in [3.05, 3.63) is 66.2 Å². The first-order chi connectivity index (χ1) is 11.8. The minimum absolute atomic E-state index is 0.995. The maximum absolute atomic E-state index is 4.50. The highest BCUT2D eigenvalue weighted by molar-refractivity contribution is 5.80. The Bertz CT molecular complexity index is 666. The monoisotopic (exact) mass is 320 g/mol. The normalized spacial score (nSPS) is 16.3. The summed E-state index contributed by atoms with van der Waals surface area (Å²) in [6, 6.07) is 18.8. The molecule has 3 nitrogen and oxygen atoms in total. The first-order valence-electron chi connectivity index (χ1n) is 8.79. The van der Waals surface area contributed by atoms with E-state index in [1.807, 2.05) is 30.5 Å². The molecule has 0 radical (unpaired) electrons. The van der Waals surface area contributed by atoms with Crippen LogP contribution in [0.3, 0.4) is 0 Å². The summed E-state index contributed by atoms with van der Waals surface area (Å²) in [4.78, 5) is 8.68. The zero-order chi connectivity index (χ0) is 16.6. The molecule has 1 saturated heterocycles. The summed E-state index contributed by atoms with van der Waals surface area (Å²) in [5, 5.41) is 0. The van der Waals surface area contributed by atoms with E-state index in [2.05, 4.69) is 59.3 Å². The lowest BCUT2D eigenvalue weighted by atomic mass is 10.2. The van der Waals surface area contributed by atoms with Crippen LogP contribution in [0.4, 0.5) is 11.4 Å². The lowest BCUT2D eigenvalue weighted by Crippen LogP contribution is -3.14. The number of anilines is 1. The third kappa shape index (κ3) is 4.56. The third-order valence-electron chi connectivity index (χ3n) is 4.58. The molecule has 24 heavy (non-hydrogen) atoms. The van der Waals surface area contributed by atoms with Gasteiger partial charge in [0, 0.05) is 11.9 Å². The second-order valence-electron chi connectivity index (χ2n) is 6.15. The van der Waals surface area contributed by atoms with E-state index in [-0.39, 0.29) is 0 Å². The number of benzene rings is 2. The second kappa shape index (κ2) is 8.46. The number of hydrogen-bond acceptors (Lipinski definition) is 2. The molecule has 0 unspecified atom stereocenters. The molecule has 0 spiro atoms. The number of allylic oxidation sites excluding steroid dienone is 1. The van der Waals surface area contributed by atoms with E-state index in [4.69, 9.17) is 0 Å². The van der Waals surface area contributed by atoms with E-state index in [0.29, 0.717) is 0 Å². The van der Waals surface area contributed by atoms with E-state index in [1.165, 1.54) is 30.9 Å². The van der Waals surface area contributed by atoms with Crippen LogP contribution in [0, 0.1) is 0 Å². The number of quaternary nitrogens is 1. The van der Waals surface area contributed by atoms with Gasteiger partial charge in [0.05, 0.1) is 38.4 Å². The average Bonchev–Trinajstić information content (AvgIpc) is 2.67. The smallest absolute Gasteiger partial charge is 0.0949 e. The second-order valence-corrected chi connectivity index (χ2v) is 6.15. The summed E-state index contributed by atoms with van der Waals surface area (Å²) in [7, 11) is 0. The van der Waals surface area contributed by atoms with Crippen LogP contribution in [0.2, 0.25) is 0 Å². The molecule has 1 N–H and O–H groups in total. The van der Waals surface area contributed by atoms with Gasteiger partial charge in [0.1, 0.15) is 0 Å². The van der Waals surface area contributed by atoms with E-state index >= 15 is 0 Å². The number of rotatable bonds is 5. The predicted octanol–water partition coefficient (Wildman–Crippen LogP) is 2.83. The summed E-state index contributed by atoms with van der Waals surface area (Å²) in [5.74, 6) is 0. The fourth-order valence-electron chi connectivity index (χ4n) is 3.03. The van der Waals surface area contributed by atoms with E-state index in [9.17, 15) is 0 Å². The van der Waals surface area contributed by atoms with Crippen LogP contribution in [0.25, 0.3) is 6.08 Å². The van der Waals surface area contributed by atoms with Gasteiger partial charge < -0.3 is 9.80 Å². The van der Waals surface area contributed by atoms with Crippen LogP contribution in [-0.4, -0.2) is 38.9 Å². The highest BCUT2D eigenvalue weighted by Crippen LogP contribution is 2.19. The highest BCUT2D eigenvalue weighted by Gasteiger charge is 2.18. The number of piperazine rings is 1. The van der Waals surface area contributed by atoms with Gasteiger partial charge in [-0.05, 0) is 42.8 Å². The summed E-state index contributed by atoms with van der Waals surface area (Å²) in [6.07, 6.45) is 5.90. The minimum atomic E-state index is 0.995.